The van der Waals surface area contributed by atoms with Crippen LogP contribution in [-0.2, 0) is 33.2 Å². The molecule has 0 aromatic heterocycles. The molecule has 0 amide bonds. The van der Waals surface area contributed by atoms with Crippen molar-refractivity contribution < 1.29 is 82.2 Å². The number of hydrogen-bond acceptors (Lipinski definition) is 17. The Morgan fingerprint density at radius 3 is 1.18 bits per heavy atom. The average molecular weight is 1110 g/mol. The topological polar surface area (TPSA) is 234 Å². The number of hydrogen-bond donors (Lipinski definition) is 4. The van der Waals surface area contributed by atoms with Crippen LogP contribution >= 0.6 is 11.6 Å². The van der Waals surface area contributed by atoms with Crippen molar-refractivity contribution in [2.75, 3.05) is 79.1 Å². The number of epoxide rings is 3. The zero-order chi connectivity index (χ0) is 58.5. The van der Waals surface area contributed by atoms with Gasteiger partial charge in [0.2, 0.25) is 0 Å². The minimum absolute atomic E-state index is 0.0356. The Morgan fingerprint density at radius 2 is 0.922 bits per heavy atom. The van der Waals surface area contributed by atoms with Gasteiger partial charge in [-0.25, -0.2) is 0 Å². The molecule has 3 heterocycles. The molecule has 436 valence electrons. The molecule has 0 saturated carbocycles. The van der Waals surface area contributed by atoms with E-state index < -0.39 is 28.0 Å². The van der Waals surface area contributed by atoms with Gasteiger partial charge in [0.05, 0.1) is 86.7 Å². The van der Waals surface area contributed by atoms with Crippen molar-refractivity contribution in [2.24, 2.45) is 0 Å². The van der Waals surface area contributed by atoms with Crippen molar-refractivity contribution in [3.05, 3.63) is 89.5 Å². The van der Waals surface area contributed by atoms with E-state index in [1.807, 2.05) is 27.7 Å². The molecule has 3 atom stereocenters. The van der Waals surface area contributed by atoms with Crippen LogP contribution in [0.3, 0.4) is 0 Å². The summed E-state index contributed by atoms with van der Waals surface area (Å²) in [5.41, 5.74) is -3.34. The van der Waals surface area contributed by atoms with Crippen LogP contribution < -0.4 is 14.2 Å². The lowest BCUT2D eigenvalue weighted by atomic mass is 9.89. The van der Waals surface area contributed by atoms with E-state index in [9.17, 15) is 29.7 Å². The van der Waals surface area contributed by atoms with Gasteiger partial charge in [0.1, 0.15) is 60.0 Å². The van der Waals surface area contributed by atoms with E-state index in [4.69, 9.17) is 64.1 Å². The molecule has 0 bridgehead atoms. The summed E-state index contributed by atoms with van der Waals surface area (Å²) >= 11 is 5.27. The van der Waals surface area contributed by atoms with Crippen molar-refractivity contribution in [3.8, 4) is 17.2 Å². The molecule has 6 rings (SSSR count). The third-order valence-corrected chi connectivity index (χ3v) is 13.1. The molecule has 0 radical (unpaired) electrons. The normalized spacial score (nSPS) is 17.4. The number of Topliss-reactive ketones (excluding diaryl/α,β-unsaturated/α-hetero) is 3. The maximum absolute atomic E-state index is 12.0. The third-order valence-electron chi connectivity index (χ3n) is 12.7. The van der Waals surface area contributed by atoms with Gasteiger partial charge in [0.25, 0.3) is 0 Å². The van der Waals surface area contributed by atoms with Crippen LogP contribution in [0.1, 0.15) is 141 Å². The van der Waals surface area contributed by atoms with Crippen LogP contribution in [0.25, 0.3) is 0 Å². The summed E-state index contributed by atoms with van der Waals surface area (Å²) in [6.07, 6.45) is 1.46. The van der Waals surface area contributed by atoms with Gasteiger partial charge in [0, 0.05) is 23.8 Å². The number of methoxy groups -OCH3 is 1. The minimum Gasteiger partial charge on any atom is -0.491 e. The molecule has 3 saturated heterocycles. The summed E-state index contributed by atoms with van der Waals surface area (Å²) in [5.74, 6) is 1.60. The number of carbonyl (C=O) groups excluding carboxylic acids is 3. The number of aliphatic hydroxyl groups excluding tert-OH is 1. The average Bonchev–Trinajstić information content (AvgIpc) is 4.30. The van der Waals surface area contributed by atoms with Gasteiger partial charge in [-0.15, -0.1) is 11.6 Å². The predicted octanol–water partition coefficient (Wildman–Crippen LogP) is 8.68. The standard InChI is InChI=1S/C23H38O6.C15H20O5.C12H16O4.C6H12O.C3H5ClO/c1-9-18(29-23(6,7)22(4,5)26-8)16-27-14-15-28-19-12-10-17(11-13-19)20(24)21(2,3)25;1-15(2,17)14(16)11-3-5-12(6-4-11)19-8-7-18-9-13-10-20-13;1-12(2,15)11(14)9-3-5-10(6-4-9)16-8-7-13;1-5(2)6(3,4)7-5;4-1-3-2-5-3/h10-13,18,25H,9,14-16H2,1-8H3;3-6,13,17H,7-10H2,1-2H3;3-6,13,15H,7-8H2,1-2H3;1-4H3;3H,1-2H2. The fourth-order valence-electron chi connectivity index (χ4n) is 6.17. The number of rotatable bonds is 27. The number of ketones is 3. The monoisotopic (exact) mass is 1110 g/mol. The molecule has 3 aromatic rings. The molecule has 0 spiro atoms. The van der Waals surface area contributed by atoms with Crippen molar-refractivity contribution in [1.29, 1.82) is 0 Å². The van der Waals surface area contributed by atoms with Gasteiger partial charge in [-0.05, 0) is 176 Å². The first-order chi connectivity index (χ1) is 35.6. The number of carbonyl (C=O) groups is 3. The van der Waals surface area contributed by atoms with Crippen molar-refractivity contribution in [2.45, 2.75) is 168 Å². The summed E-state index contributed by atoms with van der Waals surface area (Å²) in [4.78, 5) is 35.5. The van der Waals surface area contributed by atoms with Crippen LogP contribution in [-0.4, -0.2) is 174 Å². The SMILES string of the molecule is CC(C)(O)C(=O)c1ccc(OCCO)cc1.CC(C)(O)C(=O)c1ccc(OCCOCC2CO2)cc1.CC1(C)OC1(C)C.CCC(COCCOc1ccc(C(=O)C(C)(C)O)cc1)OC(C)(C)C(C)(C)OC.ClCC1CO1. The molecular formula is C59H91ClO17. The molecular weight excluding hydrogens is 1020 g/mol. The summed E-state index contributed by atoms with van der Waals surface area (Å²) in [6, 6.07) is 19.9. The van der Waals surface area contributed by atoms with Gasteiger partial charge < -0.3 is 67.8 Å². The lowest BCUT2D eigenvalue weighted by Crippen LogP contribution is -2.51. The Bertz CT molecular complexity index is 2170. The fraction of sp³-hybridized carbons (Fsp3) is 0.644. The lowest BCUT2D eigenvalue weighted by Gasteiger charge is -2.42. The molecule has 3 aliphatic heterocycles. The Balaban J connectivity index is 0.000000365. The molecule has 3 aliphatic rings. The van der Waals surface area contributed by atoms with E-state index in [1.54, 1.807) is 79.9 Å². The van der Waals surface area contributed by atoms with E-state index in [2.05, 4.69) is 34.6 Å². The zero-order valence-corrected chi connectivity index (χ0v) is 49.4. The number of ether oxygens (including phenoxy) is 10. The second-order valence-corrected chi connectivity index (χ2v) is 22.5. The highest BCUT2D eigenvalue weighted by atomic mass is 35.5. The van der Waals surface area contributed by atoms with E-state index in [-0.39, 0.29) is 54.0 Å². The largest absolute Gasteiger partial charge is 0.491 e. The van der Waals surface area contributed by atoms with Crippen LogP contribution in [0.2, 0.25) is 0 Å². The maximum atomic E-state index is 12.0. The second kappa shape index (κ2) is 31.1. The Kier molecular flexibility index (Phi) is 27.8. The Morgan fingerprint density at radius 1 is 0.584 bits per heavy atom. The number of aliphatic hydroxyl groups is 4. The summed E-state index contributed by atoms with van der Waals surface area (Å²) in [6.45, 7) is 32.0. The Hall–Kier alpha value is -4.08. The molecule has 17 nitrogen and oxygen atoms in total. The van der Waals surface area contributed by atoms with E-state index in [0.29, 0.717) is 85.6 Å². The quantitative estimate of drug-likeness (QED) is 0.0242. The van der Waals surface area contributed by atoms with Crippen LogP contribution in [0, 0.1) is 0 Å². The molecule has 18 heteroatoms. The third kappa shape index (κ3) is 26.2. The van der Waals surface area contributed by atoms with E-state index in [0.717, 1.165) is 19.6 Å². The molecule has 77 heavy (non-hydrogen) atoms. The van der Waals surface area contributed by atoms with Crippen LogP contribution in [0.15, 0.2) is 72.8 Å². The van der Waals surface area contributed by atoms with Gasteiger partial charge in [-0.1, -0.05) is 6.92 Å². The highest BCUT2D eigenvalue weighted by Gasteiger charge is 2.56. The number of halogens is 1. The van der Waals surface area contributed by atoms with Gasteiger partial charge in [0.15, 0.2) is 17.3 Å². The molecule has 3 unspecified atom stereocenters. The van der Waals surface area contributed by atoms with Crippen molar-refractivity contribution in [1.82, 2.24) is 0 Å². The zero-order valence-electron chi connectivity index (χ0n) is 48.6. The van der Waals surface area contributed by atoms with Crippen molar-refractivity contribution >= 4 is 29.0 Å². The predicted molar refractivity (Wildman–Crippen MR) is 296 cm³/mol. The van der Waals surface area contributed by atoms with Gasteiger partial charge in [-0.2, -0.15) is 0 Å². The highest BCUT2D eigenvalue weighted by Crippen LogP contribution is 2.46. The van der Waals surface area contributed by atoms with Crippen molar-refractivity contribution in [3.63, 3.8) is 0 Å². The number of alkyl halides is 1. The smallest absolute Gasteiger partial charge is 0.193 e. The first-order valence-electron chi connectivity index (χ1n) is 26.1. The van der Waals surface area contributed by atoms with E-state index >= 15 is 0 Å². The summed E-state index contributed by atoms with van der Waals surface area (Å²) < 4.78 is 54.2. The van der Waals surface area contributed by atoms with Gasteiger partial charge in [-0.3, -0.25) is 14.4 Å². The van der Waals surface area contributed by atoms with Crippen LogP contribution in [0.4, 0.5) is 0 Å². The molecule has 3 aromatic carbocycles. The summed E-state index contributed by atoms with van der Waals surface area (Å²) in [7, 11) is 1.69. The lowest BCUT2D eigenvalue weighted by molar-refractivity contribution is -0.196. The fourth-order valence-corrected chi connectivity index (χ4v) is 6.35. The summed E-state index contributed by atoms with van der Waals surface area (Å²) in [5, 5.41) is 37.5. The number of benzene rings is 3. The first kappa shape index (κ1) is 69.0. The molecule has 4 N–H and O–H groups in total. The van der Waals surface area contributed by atoms with E-state index in [1.165, 1.54) is 41.5 Å². The molecule has 0 aliphatic carbocycles. The maximum Gasteiger partial charge on any atom is 0.193 e. The Labute approximate surface area is 463 Å². The first-order valence-corrected chi connectivity index (χ1v) is 26.7. The van der Waals surface area contributed by atoms with Crippen LogP contribution in [0.5, 0.6) is 17.2 Å². The molecule has 3 fully saturated rings. The highest BCUT2D eigenvalue weighted by molar-refractivity contribution is 6.18. The minimum atomic E-state index is -1.39. The second-order valence-electron chi connectivity index (χ2n) is 22.2. The van der Waals surface area contributed by atoms with Gasteiger partial charge >= 0.3 is 0 Å².